The number of hydrogen-bond donors (Lipinski definition) is 0. The summed E-state index contributed by atoms with van der Waals surface area (Å²) in [7, 11) is 1.78. The molecule has 0 aliphatic heterocycles. The van der Waals surface area contributed by atoms with Gasteiger partial charge in [-0.15, -0.1) is 6.58 Å². The Morgan fingerprint density at radius 1 is 1.15 bits per heavy atom. The Hall–Kier alpha value is -3.14. The monoisotopic (exact) mass is 360 g/mol. The van der Waals surface area contributed by atoms with Gasteiger partial charge in [-0.25, -0.2) is 0 Å². The van der Waals surface area contributed by atoms with Crippen molar-refractivity contribution in [3.8, 4) is 5.75 Å². The van der Waals surface area contributed by atoms with Crippen LogP contribution in [0.25, 0.3) is 10.9 Å². The zero-order chi connectivity index (χ0) is 19.1. The number of nitrogens with zero attached hydrogens (tertiary/aromatic N) is 2. The van der Waals surface area contributed by atoms with Gasteiger partial charge in [0.25, 0.3) is 5.91 Å². The van der Waals surface area contributed by atoms with Crippen LogP contribution in [0.1, 0.15) is 29.6 Å². The van der Waals surface area contributed by atoms with Gasteiger partial charge in [-0.3, -0.25) is 9.78 Å². The van der Waals surface area contributed by atoms with Crippen LogP contribution in [0.3, 0.4) is 0 Å². The molecule has 138 valence electrons. The van der Waals surface area contributed by atoms with E-state index in [1.807, 2.05) is 60.7 Å². The van der Waals surface area contributed by atoms with Gasteiger partial charge in [0, 0.05) is 35.9 Å². The Labute approximate surface area is 160 Å². The third-order valence-corrected chi connectivity index (χ3v) is 4.43. The third kappa shape index (κ3) is 4.73. The summed E-state index contributed by atoms with van der Waals surface area (Å²) in [5.41, 5.74) is 2.31. The standard InChI is InChI=1S/C23H24N2O2/c1-3-4-5-6-15-27-21-11-7-10-20(17-21)25(2)23(26)19-12-13-22-18(16-19)9-8-14-24-22/h3,7-14,16-17H,1,4-6,15H2,2H3. The molecule has 0 atom stereocenters. The molecule has 27 heavy (non-hydrogen) atoms. The number of amides is 1. The zero-order valence-electron chi connectivity index (χ0n) is 15.6. The Morgan fingerprint density at radius 2 is 2.04 bits per heavy atom. The molecule has 0 saturated carbocycles. The molecule has 0 saturated heterocycles. The van der Waals surface area contributed by atoms with Crippen molar-refractivity contribution in [1.29, 1.82) is 0 Å². The normalized spacial score (nSPS) is 10.6. The summed E-state index contributed by atoms with van der Waals surface area (Å²) in [5.74, 6) is 0.706. The fourth-order valence-electron chi connectivity index (χ4n) is 2.88. The van der Waals surface area contributed by atoms with Crippen LogP contribution in [0.5, 0.6) is 5.75 Å². The number of ether oxygens (including phenoxy) is 1. The van der Waals surface area contributed by atoms with Crippen LogP contribution in [0, 0.1) is 0 Å². The SMILES string of the molecule is C=CCCCCOc1cccc(N(C)C(=O)c2ccc3ncccc3c2)c1. The first-order chi connectivity index (χ1) is 13.2. The smallest absolute Gasteiger partial charge is 0.258 e. The Kier molecular flexibility index (Phi) is 6.21. The van der Waals surface area contributed by atoms with Gasteiger partial charge < -0.3 is 9.64 Å². The van der Waals surface area contributed by atoms with Crippen molar-refractivity contribution in [3.05, 3.63) is 79.0 Å². The number of carbonyl (C=O) groups excluding carboxylic acids is 1. The Morgan fingerprint density at radius 3 is 2.89 bits per heavy atom. The number of anilines is 1. The second-order valence-electron chi connectivity index (χ2n) is 6.41. The number of pyridine rings is 1. The number of hydrogen-bond acceptors (Lipinski definition) is 3. The molecule has 4 nitrogen and oxygen atoms in total. The summed E-state index contributed by atoms with van der Waals surface area (Å²) in [6.07, 6.45) is 6.72. The van der Waals surface area contributed by atoms with Crippen molar-refractivity contribution in [3.63, 3.8) is 0 Å². The molecular formula is C23H24N2O2. The molecule has 3 aromatic rings. The maximum absolute atomic E-state index is 12.9. The van der Waals surface area contributed by atoms with E-state index in [1.54, 1.807) is 18.1 Å². The highest BCUT2D eigenvalue weighted by Crippen LogP contribution is 2.23. The Balaban J connectivity index is 1.70. The van der Waals surface area contributed by atoms with Crippen LogP contribution >= 0.6 is 0 Å². The summed E-state index contributed by atoms with van der Waals surface area (Å²) in [6.45, 7) is 4.38. The highest BCUT2D eigenvalue weighted by atomic mass is 16.5. The van der Waals surface area contributed by atoms with Crippen LogP contribution in [0.15, 0.2) is 73.4 Å². The summed E-state index contributed by atoms with van der Waals surface area (Å²) < 4.78 is 5.81. The van der Waals surface area contributed by atoms with Gasteiger partial charge >= 0.3 is 0 Å². The van der Waals surface area contributed by atoms with E-state index in [2.05, 4.69) is 11.6 Å². The fraction of sp³-hybridized carbons (Fsp3) is 0.217. The average molecular weight is 360 g/mol. The molecule has 0 fully saturated rings. The summed E-state index contributed by atoms with van der Waals surface area (Å²) >= 11 is 0. The molecule has 0 aliphatic rings. The molecule has 0 unspecified atom stereocenters. The fourth-order valence-corrected chi connectivity index (χ4v) is 2.88. The Bertz CT molecular complexity index is 936. The van der Waals surface area contributed by atoms with E-state index in [1.165, 1.54) is 0 Å². The number of benzene rings is 2. The minimum absolute atomic E-state index is 0.0658. The van der Waals surface area contributed by atoms with Crippen molar-refractivity contribution in [2.24, 2.45) is 0 Å². The third-order valence-electron chi connectivity index (χ3n) is 4.43. The molecule has 0 N–H and O–H groups in total. The first-order valence-electron chi connectivity index (χ1n) is 9.15. The second kappa shape index (κ2) is 8.99. The van der Waals surface area contributed by atoms with Crippen LogP contribution in [0.4, 0.5) is 5.69 Å². The van der Waals surface area contributed by atoms with Crippen molar-refractivity contribution < 1.29 is 9.53 Å². The number of carbonyl (C=O) groups is 1. The molecule has 1 heterocycles. The molecule has 0 spiro atoms. The van der Waals surface area contributed by atoms with Crippen molar-refractivity contribution in [2.75, 3.05) is 18.6 Å². The molecular weight excluding hydrogens is 336 g/mol. The van der Waals surface area contributed by atoms with Gasteiger partial charge in [0.1, 0.15) is 5.75 Å². The van der Waals surface area contributed by atoms with E-state index in [0.29, 0.717) is 12.2 Å². The van der Waals surface area contributed by atoms with E-state index in [4.69, 9.17) is 4.74 Å². The molecule has 2 aromatic carbocycles. The van der Waals surface area contributed by atoms with Crippen molar-refractivity contribution >= 4 is 22.5 Å². The van der Waals surface area contributed by atoms with E-state index < -0.39 is 0 Å². The largest absolute Gasteiger partial charge is 0.494 e. The van der Waals surface area contributed by atoms with Gasteiger partial charge in [0.2, 0.25) is 0 Å². The molecule has 1 amide bonds. The molecule has 4 heteroatoms. The first kappa shape index (κ1) is 18.6. The number of allylic oxidation sites excluding steroid dienone is 1. The lowest BCUT2D eigenvalue weighted by molar-refractivity contribution is 0.0993. The second-order valence-corrected chi connectivity index (χ2v) is 6.41. The topological polar surface area (TPSA) is 42.4 Å². The number of aromatic nitrogens is 1. The van der Waals surface area contributed by atoms with E-state index >= 15 is 0 Å². The predicted octanol–water partition coefficient (Wildman–Crippen LogP) is 5.25. The first-order valence-corrected chi connectivity index (χ1v) is 9.15. The minimum Gasteiger partial charge on any atom is -0.494 e. The minimum atomic E-state index is -0.0658. The summed E-state index contributed by atoms with van der Waals surface area (Å²) in [6, 6.07) is 17.0. The van der Waals surface area contributed by atoms with Gasteiger partial charge in [-0.2, -0.15) is 0 Å². The van der Waals surface area contributed by atoms with Gasteiger partial charge in [0.05, 0.1) is 12.1 Å². The highest BCUT2D eigenvalue weighted by Gasteiger charge is 2.14. The summed E-state index contributed by atoms with van der Waals surface area (Å²) in [5, 5.41) is 0.952. The van der Waals surface area contributed by atoms with E-state index in [9.17, 15) is 4.79 Å². The lowest BCUT2D eigenvalue weighted by atomic mass is 10.1. The van der Waals surface area contributed by atoms with Crippen LogP contribution < -0.4 is 9.64 Å². The van der Waals surface area contributed by atoms with Crippen LogP contribution in [-0.2, 0) is 0 Å². The van der Waals surface area contributed by atoms with Crippen molar-refractivity contribution in [1.82, 2.24) is 4.98 Å². The van der Waals surface area contributed by atoms with Crippen LogP contribution in [0.2, 0.25) is 0 Å². The predicted molar refractivity (Wildman–Crippen MR) is 110 cm³/mol. The number of rotatable bonds is 8. The lowest BCUT2D eigenvalue weighted by Crippen LogP contribution is -2.26. The maximum atomic E-state index is 12.9. The lowest BCUT2D eigenvalue weighted by Gasteiger charge is -2.18. The van der Waals surface area contributed by atoms with Gasteiger partial charge in [-0.05, 0) is 55.7 Å². The molecule has 1 aromatic heterocycles. The summed E-state index contributed by atoms with van der Waals surface area (Å²) in [4.78, 5) is 18.8. The molecule has 0 aliphatic carbocycles. The average Bonchev–Trinajstić information content (AvgIpc) is 2.72. The van der Waals surface area contributed by atoms with Gasteiger partial charge in [0.15, 0.2) is 0 Å². The van der Waals surface area contributed by atoms with E-state index in [0.717, 1.165) is 41.6 Å². The molecule has 0 radical (unpaired) electrons. The molecule has 3 rings (SSSR count). The maximum Gasteiger partial charge on any atom is 0.258 e. The number of unbranched alkanes of at least 4 members (excludes halogenated alkanes) is 2. The quantitative estimate of drug-likeness (QED) is 0.407. The van der Waals surface area contributed by atoms with Crippen LogP contribution in [-0.4, -0.2) is 24.5 Å². The van der Waals surface area contributed by atoms with Crippen molar-refractivity contribution in [2.45, 2.75) is 19.3 Å². The number of fused-ring (bicyclic) bond motifs is 1. The highest BCUT2D eigenvalue weighted by molar-refractivity contribution is 6.07. The van der Waals surface area contributed by atoms with Gasteiger partial charge in [-0.1, -0.05) is 18.2 Å². The molecule has 0 bridgehead atoms. The van der Waals surface area contributed by atoms with E-state index in [-0.39, 0.29) is 5.91 Å². The zero-order valence-corrected chi connectivity index (χ0v) is 15.6.